The topological polar surface area (TPSA) is 103 Å². The normalized spacial score (nSPS) is 16.3. The number of hydrogen-bond acceptors (Lipinski definition) is 6. The first-order valence-corrected chi connectivity index (χ1v) is 8.78. The van der Waals surface area contributed by atoms with Crippen LogP contribution in [-0.4, -0.2) is 43.8 Å². The Morgan fingerprint density at radius 3 is 2.56 bits per heavy atom. The van der Waals surface area contributed by atoms with Crippen molar-refractivity contribution in [1.29, 1.82) is 0 Å². The van der Waals surface area contributed by atoms with E-state index in [0.717, 1.165) is 5.56 Å². The van der Waals surface area contributed by atoms with Crippen molar-refractivity contribution in [3.05, 3.63) is 41.1 Å². The molecule has 2 N–H and O–H groups in total. The van der Waals surface area contributed by atoms with E-state index in [4.69, 9.17) is 14.2 Å². The van der Waals surface area contributed by atoms with E-state index in [1.807, 2.05) is 26.0 Å². The number of amides is 2. The van der Waals surface area contributed by atoms with Crippen LogP contribution in [0.1, 0.15) is 25.8 Å². The first-order valence-electron chi connectivity index (χ1n) is 8.78. The fraction of sp³-hybridized carbons (Fsp3) is 0.421. The van der Waals surface area contributed by atoms with Crippen LogP contribution in [-0.2, 0) is 19.1 Å². The zero-order valence-electron chi connectivity index (χ0n) is 15.7. The summed E-state index contributed by atoms with van der Waals surface area (Å²) in [4.78, 5) is 36.0. The smallest absolute Gasteiger partial charge is 0.344 e. The lowest BCUT2D eigenvalue weighted by molar-refractivity contribution is -0.145. The highest BCUT2D eigenvalue weighted by Gasteiger charge is 2.32. The standard InChI is InChI=1S/C19H24N2O6/c1-4-13-17(18(23)25-5-2)14(21-19(24)20-13)10-27-16(22)11-26-15-9-7-6-8-12(15)3/h6-9,13H,4-5,10-11H2,1-3H3,(H2,20,21,24)/t13-/m1/s1. The summed E-state index contributed by atoms with van der Waals surface area (Å²) in [6, 6.07) is 6.33. The summed E-state index contributed by atoms with van der Waals surface area (Å²) in [6.07, 6.45) is 0.495. The van der Waals surface area contributed by atoms with E-state index >= 15 is 0 Å². The molecule has 2 rings (SSSR count). The van der Waals surface area contributed by atoms with Crippen molar-refractivity contribution >= 4 is 18.0 Å². The Kier molecular flexibility index (Phi) is 7.22. The Balaban J connectivity index is 2.03. The Hall–Kier alpha value is -3.03. The molecule has 0 bridgehead atoms. The van der Waals surface area contributed by atoms with E-state index in [2.05, 4.69) is 10.6 Å². The third-order valence-electron chi connectivity index (χ3n) is 3.96. The van der Waals surface area contributed by atoms with Crippen LogP contribution < -0.4 is 15.4 Å². The molecule has 0 saturated carbocycles. The van der Waals surface area contributed by atoms with Gasteiger partial charge in [0.1, 0.15) is 12.4 Å². The zero-order chi connectivity index (χ0) is 19.8. The highest BCUT2D eigenvalue weighted by atomic mass is 16.6. The number of nitrogens with one attached hydrogen (secondary N) is 2. The van der Waals surface area contributed by atoms with E-state index in [1.165, 1.54) is 0 Å². The Labute approximate surface area is 157 Å². The van der Waals surface area contributed by atoms with Gasteiger partial charge in [-0.3, -0.25) is 0 Å². The van der Waals surface area contributed by atoms with Crippen LogP contribution in [0.15, 0.2) is 35.5 Å². The summed E-state index contributed by atoms with van der Waals surface area (Å²) < 4.78 is 15.7. The zero-order valence-corrected chi connectivity index (χ0v) is 15.7. The molecule has 1 aromatic rings. The van der Waals surface area contributed by atoms with Crippen molar-refractivity contribution in [2.45, 2.75) is 33.2 Å². The van der Waals surface area contributed by atoms with Crippen LogP contribution in [0.3, 0.4) is 0 Å². The maximum absolute atomic E-state index is 12.2. The predicted molar refractivity (Wildman–Crippen MR) is 97.0 cm³/mol. The number of carbonyl (C=O) groups excluding carboxylic acids is 3. The number of ether oxygens (including phenoxy) is 3. The lowest BCUT2D eigenvalue weighted by atomic mass is 10.0. The van der Waals surface area contributed by atoms with Gasteiger partial charge in [-0.2, -0.15) is 0 Å². The summed E-state index contributed by atoms with van der Waals surface area (Å²) in [5, 5.41) is 5.17. The van der Waals surface area contributed by atoms with Crippen molar-refractivity contribution in [3.8, 4) is 5.75 Å². The van der Waals surface area contributed by atoms with Crippen LogP contribution >= 0.6 is 0 Å². The van der Waals surface area contributed by atoms with Crippen LogP contribution in [0.4, 0.5) is 4.79 Å². The van der Waals surface area contributed by atoms with Gasteiger partial charge < -0.3 is 24.8 Å². The monoisotopic (exact) mass is 376 g/mol. The molecule has 27 heavy (non-hydrogen) atoms. The molecule has 0 unspecified atom stereocenters. The van der Waals surface area contributed by atoms with E-state index in [1.54, 1.807) is 19.1 Å². The molecule has 0 saturated heterocycles. The molecule has 0 aliphatic carbocycles. The van der Waals surface area contributed by atoms with Gasteiger partial charge in [0.25, 0.3) is 0 Å². The number of aryl methyl sites for hydroxylation is 1. The second-order valence-electron chi connectivity index (χ2n) is 5.89. The van der Waals surface area contributed by atoms with Crippen LogP contribution in [0.2, 0.25) is 0 Å². The molecule has 1 aromatic carbocycles. The van der Waals surface area contributed by atoms with Crippen molar-refractivity contribution < 1.29 is 28.6 Å². The van der Waals surface area contributed by atoms with Gasteiger partial charge in [-0.25, -0.2) is 14.4 Å². The fourth-order valence-corrected chi connectivity index (χ4v) is 2.62. The molecule has 1 heterocycles. The summed E-state index contributed by atoms with van der Waals surface area (Å²) in [5.74, 6) is -0.587. The Morgan fingerprint density at radius 2 is 1.89 bits per heavy atom. The minimum absolute atomic E-state index is 0.198. The molecule has 146 valence electrons. The van der Waals surface area contributed by atoms with Crippen molar-refractivity contribution in [2.24, 2.45) is 0 Å². The lowest BCUT2D eigenvalue weighted by Crippen LogP contribution is -2.51. The second kappa shape index (κ2) is 9.61. The van der Waals surface area contributed by atoms with E-state index in [9.17, 15) is 14.4 Å². The van der Waals surface area contributed by atoms with Crippen LogP contribution in [0.25, 0.3) is 0 Å². The Morgan fingerprint density at radius 1 is 1.15 bits per heavy atom. The van der Waals surface area contributed by atoms with Crippen LogP contribution in [0.5, 0.6) is 5.75 Å². The lowest BCUT2D eigenvalue weighted by Gasteiger charge is -2.28. The minimum Gasteiger partial charge on any atom is -0.482 e. The van der Waals surface area contributed by atoms with Gasteiger partial charge >= 0.3 is 18.0 Å². The largest absolute Gasteiger partial charge is 0.482 e. The summed E-state index contributed by atoms with van der Waals surface area (Å²) in [7, 11) is 0. The quantitative estimate of drug-likeness (QED) is 0.671. The molecule has 1 aliphatic heterocycles. The van der Waals surface area contributed by atoms with Gasteiger partial charge in [0.05, 0.1) is 23.9 Å². The van der Waals surface area contributed by atoms with Gasteiger partial charge in [0.2, 0.25) is 0 Å². The first-order chi connectivity index (χ1) is 13.0. The molecule has 1 aliphatic rings. The number of benzene rings is 1. The molecule has 8 heteroatoms. The summed E-state index contributed by atoms with van der Waals surface area (Å²) in [5.41, 5.74) is 1.37. The molecular weight excluding hydrogens is 352 g/mol. The van der Waals surface area contributed by atoms with E-state index in [0.29, 0.717) is 12.2 Å². The molecular formula is C19H24N2O6. The van der Waals surface area contributed by atoms with Crippen molar-refractivity contribution in [1.82, 2.24) is 10.6 Å². The number of esters is 2. The fourth-order valence-electron chi connectivity index (χ4n) is 2.62. The molecule has 0 aromatic heterocycles. The number of urea groups is 1. The van der Waals surface area contributed by atoms with Gasteiger partial charge in [-0.05, 0) is 31.9 Å². The molecule has 0 fully saturated rings. The average molecular weight is 376 g/mol. The van der Waals surface area contributed by atoms with E-state index < -0.39 is 24.0 Å². The first kappa shape index (κ1) is 20.3. The van der Waals surface area contributed by atoms with Gasteiger partial charge in [0.15, 0.2) is 6.61 Å². The molecule has 2 amide bonds. The third-order valence-corrected chi connectivity index (χ3v) is 3.96. The molecule has 1 atom stereocenters. The number of rotatable bonds is 8. The maximum atomic E-state index is 12.2. The predicted octanol–water partition coefficient (Wildman–Crippen LogP) is 1.83. The van der Waals surface area contributed by atoms with Gasteiger partial charge in [-0.15, -0.1) is 0 Å². The molecule has 0 radical (unpaired) electrons. The highest BCUT2D eigenvalue weighted by molar-refractivity contribution is 5.94. The van der Waals surface area contributed by atoms with Gasteiger partial charge in [-0.1, -0.05) is 25.1 Å². The Bertz CT molecular complexity index is 743. The minimum atomic E-state index is -0.616. The number of para-hydroxylation sites is 1. The molecule has 8 nitrogen and oxygen atoms in total. The summed E-state index contributed by atoms with van der Waals surface area (Å²) in [6.45, 7) is 5.05. The van der Waals surface area contributed by atoms with Crippen molar-refractivity contribution in [3.63, 3.8) is 0 Å². The number of carbonyl (C=O) groups is 3. The SMILES string of the molecule is CCOC(=O)C1=C(COC(=O)COc2ccccc2C)NC(=O)N[C@@H]1CC. The van der Waals surface area contributed by atoms with Crippen LogP contribution in [0, 0.1) is 6.92 Å². The number of hydrogen-bond donors (Lipinski definition) is 2. The highest BCUT2D eigenvalue weighted by Crippen LogP contribution is 2.18. The second-order valence-corrected chi connectivity index (χ2v) is 5.89. The van der Waals surface area contributed by atoms with E-state index in [-0.39, 0.29) is 31.1 Å². The average Bonchev–Trinajstić information content (AvgIpc) is 2.65. The maximum Gasteiger partial charge on any atom is 0.344 e. The third kappa shape index (κ3) is 5.47. The van der Waals surface area contributed by atoms with Crippen molar-refractivity contribution in [2.75, 3.05) is 19.8 Å². The van der Waals surface area contributed by atoms with Gasteiger partial charge in [0, 0.05) is 0 Å². The molecule has 0 spiro atoms. The summed E-state index contributed by atoms with van der Waals surface area (Å²) >= 11 is 0.